The molecule has 1 heterocycles. The van der Waals surface area contributed by atoms with Crippen LogP contribution in [0.25, 0.3) is 0 Å². The molecule has 190 valence electrons. The Hall–Kier alpha value is -3.14. The number of sulfonamides is 1. The fourth-order valence-corrected chi connectivity index (χ4v) is 5.57. The van der Waals surface area contributed by atoms with Crippen molar-refractivity contribution in [3.8, 4) is 5.75 Å². The van der Waals surface area contributed by atoms with E-state index in [2.05, 4.69) is 4.72 Å². The fraction of sp³-hybridized carbons (Fsp3) is 0.269. The van der Waals surface area contributed by atoms with Crippen molar-refractivity contribution in [2.45, 2.75) is 17.9 Å². The molecule has 1 saturated heterocycles. The number of hydrogen-bond donors (Lipinski definition) is 1. The smallest absolute Gasteiger partial charge is 0.260 e. The lowest BCUT2D eigenvalue weighted by molar-refractivity contribution is -0.133. The summed E-state index contributed by atoms with van der Waals surface area (Å²) in [7, 11) is -3.82. The molecule has 0 bridgehead atoms. The monoisotopic (exact) mass is 531 g/mol. The molecule has 1 N–H and O–H groups in total. The van der Waals surface area contributed by atoms with Gasteiger partial charge in [-0.15, -0.1) is 0 Å². The van der Waals surface area contributed by atoms with Gasteiger partial charge >= 0.3 is 0 Å². The van der Waals surface area contributed by atoms with Crippen molar-refractivity contribution in [1.82, 2.24) is 9.62 Å². The van der Waals surface area contributed by atoms with Crippen LogP contribution in [-0.2, 0) is 14.8 Å². The van der Waals surface area contributed by atoms with Gasteiger partial charge in [0.1, 0.15) is 11.6 Å². The Kier molecular flexibility index (Phi) is 8.13. The van der Waals surface area contributed by atoms with E-state index in [0.29, 0.717) is 31.9 Å². The lowest BCUT2D eigenvalue weighted by atomic mass is 10.1. The second-order valence-corrected chi connectivity index (χ2v) is 10.6. The van der Waals surface area contributed by atoms with E-state index in [1.165, 1.54) is 24.3 Å². The Balaban J connectivity index is 1.32. The molecule has 0 spiro atoms. The number of carbonyl (C=O) groups excluding carboxylic acids is 1. The highest BCUT2D eigenvalue weighted by atomic mass is 35.5. The van der Waals surface area contributed by atoms with Crippen molar-refractivity contribution in [3.63, 3.8) is 0 Å². The largest absolute Gasteiger partial charge is 0.482 e. The number of nitrogens with zero attached hydrogens (tertiary/aromatic N) is 2. The molecule has 1 atom stereocenters. The molecular weight excluding hydrogens is 505 g/mol. The van der Waals surface area contributed by atoms with E-state index in [4.69, 9.17) is 16.3 Å². The number of anilines is 1. The standard InChI is InChI=1S/C26H27ClFN3O4S/c1-19(20-7-3-2-4-8-20)29-36(33,34)21-11-12-25(22(27)17-21)35-18-26(32)31-15-13-30(14-16-31)24-10-6-5-9-23(24)28/h2-12,17,19,29H,13-16,18H2,1H3/t19-/m0/s1. The molecule has 1 aliphatic heterocycles. The van der Waals surface area contributed by atoms with E-state index in [1.807, 2.05) is 35.2 Å². The van der Waals surface area contributed by atoms with Gasteiger partial charge in [-0.25, -0.2) is 17.5 Å². The third-order valence-electron chi connectivity index (χ3n) is 6.02. The highest BCUT2D eigenvalue weighted by Crippen LogP contribution is 2.28. The summed E-state index contributed by atoms with van der Waals surface area (Å²) in [6.07, 6.45) is 0. The van der Waals surface area contributed by atoms with Crippen LogP contribution in [0.15, 0.2) is 77.7 Å². The average Bonchev–Trinajstić information content (AvgIpc) is 2.88. The summed E-state index contributed by atoms with van der Waals surface area (Å²) >= 11 is 6.28. The van der Waals surface area contributed by atoms with Gasteiger partial charge in [0, 0.05) is 32.2 Å². The summed E-state index contributed by atoms with van der Waals surface area (Å²) in [5.41, 5.74) is 1.36. The first-order valence-electron chi connectivity index (χ1n) is 11.5. The zero-order valence-electron chi connectivity index (χ0n) is 19.7. The molecule has 1 amide bonds. The molecule has 7 nitrogen and oxygen atoms in total. The van der Waals surface area contributed by atoms with Crippen LogP contribution in [0.4, 0.5) is 10.1 Å². The topological polar surface area (TPSA) is 78.9 Å². The Bertz CT molecular complexity index is 1320. The molecule has 4 rings (SSSR count). The van der Waals surface area contributed by atoms with Gasteiger partial charge in [-0.2, -0.15) is 0 Å². The lowest BCUT2D eigenvalue weighted by Gasteiger charge is -2.36. The number of piperazine rings is 1. The van der Waals surface area contributed by atoms with Gasteiger partial charge in [-0.05, 0) is 42.8 Å². The number of ether oxygens (including phenoxy) is 1. The highest BCUT2D eigenvalue weighted by molar-refractivity contribution is 7.89. The van der Waals surface area contributed by atoms with Crippen molar-refractivity contribution in [2.24, 2.45) is 0 Å². The van der Waals surface area contributed by atoms with Crippen LogP contribution >= 0.6 is 11.6 Å². The van der Waals surface area contributed by atoms with E-state index in [1.54, 1.807) is 30.0 Å². The first kappa shape index (κ1) is 25.9. The number of benzene rings is 3. The SMILES string of the molecule is C[C@H](NS(=O)(=O)c1ccc(OCC(=O)N2CCN(c3ccccc3F)CC2)c(Cl)c1)c1ccccc1. The molecule has 0 unspecified atom stereocenters. The minimum Gasteiger partial charge on any atom is -0.482 e. The van der Waals surface area contributed by atoms with Crippen molar-refractivity contribution >= 4 is 33.2 Å². The van der Waals surface area contributed by atoms with Crippen LogP contribution in [-0.4, -0.2) is 52.0 Å². The van der Waals surface area contributed by atoms with E-state index in [0.717, 1.165) is 5.56 Å². The summed E-state index contributed by atoms with van der Waals surface area (Å²) in [5.74, 6) is -0.301. The molecule has 0 aliphatic carbocycles. The highest BCUT2D eigenvalue weighted by Gasteiger charge is 2.24. The fourth-order valence-electron chi connectivity index (χ4n) is 4.01. The predicted molar refractivity (Wildman–Crippen MR) is 137 cm³/mol. The normalized spacial score (nSPS) is 15.0. The van der Waals surface area contributed by atoms with Gasteiger partial charge in [0.2, 0.25) is 10.0 Å². The Morgan fingerprint density at radius 3 is 2.36 bits per heavy atom. The Morgan fingerprint density at radius 1 is 1.03 bits per heavy atom. The van der Waals surface area contributed by atoms with E-state index in [-0.39, 0.29) is 34.0 Å². The lowest BCUT2D eigenvalue weighted by Crippen LogP contribution is -2.50. The van der Waals surface area contributed by atoms with E-state index in [9.17, 15) is 17.6 Å². The molecule has 3 aromatic carbocycles. The second kappa shape index (κ2) is 11.3. The van der Waals surface area contributed by atoms with E-state index >= 15 is 0 Å². The molecule has 0 aromatic heterocycles. The molecule has 0 saturated carbocycles. The maximum absolute atomic E-state index is 14.0. The third-order valence-corrected chi connectivity index (χ3v) is 7.86. The summed E-state index contributed by atoms with van der Waals surface area (Å²) in [5, 5.41) is 0.0856. The summed E-state index contributed by atoms with van der Waals surface area (Å²) in [6.45, 7) is 3.41. The Morgan fingerprint density at radius 2 is 1.69 bits per heavy atom. The second-order valence-electron chi connectivity index (χ2n) is 8.45. The van der Waals surface area contributed by atoms with Crippen LogP contribution in [0.3, 0.4) is 0 Å². The quantitative estimate of drug-likeness (QED) is 0.470. The molecular formula is C26H27ClFN3O4S. The zero-order valence-corrected chi connectivity index (χ0v) is 21.3. The molecule has 36 heavy (non-hydrogen) atoms. The van der Waals surface area contributed by atoms with Crippen LogP contribution in [0.2, 0.25) is 5.02 Å². The number of halogens is 2. The van der Waals surface area contributed by atoms with E-state index < -0.39 is 16.1 Å². The molecule has 10 heteroatoms. The third kappa shape index (κ3) is 6.16. The molecule has 3 aromatic rings. The van der Waals surface area contributed by atoms with Crippen molar-refractivity contribution in [3.05, 3.63) is 89.2 Å². The minimum atomic E-state index is -3.82. The number of para-hydroxylation sites is 1. The van der Waals surface area contributed by atoms with Crippen LogP contribution < -0.4 is 14.4 Å². The van der Waals surface area contributed by atoms with Crippen LogP contribution in [0, 0.1) is 5.82 Å². The number of amides is 1. The van der Waals surface area contributed by atoms with Crippen LogP contribution in [0.5, 0.6) is 5.75 Å². The number of hydrogen-bond acceptors (Lipinski definition) is 5. The summed E-state index contributed by atoms with van der Waals surface area (Å²) < 4.78 is 47.8. The summed E-state index contributed by atoms with van der Waals surface area (Å²) in [6, 6.07) is 19.5. The van der Waals surface area contributed by atoms with Gasteiger partial charge in [-0.1, -0.05) is 54.1 Å². The zero-order chi connectivity index (χ0) is 25.7. The van der Waals surface area contributed by atoms with Gasteiger partial charge in [0.05, 0.1) is 15.6 Å². The molecule has 1 aliphatic rings. The number of rotatable bonds is 8. The molecule has 1 fully saturated rings. The van der Waals surface area contributed by atoms with Gasteiger partial charge < -0.3 is 14.5 Å². The first-order valence-corrected chi connectivity index (χ1v) is 13.4. The van der Waals surface area contributed by atoms with Gasteiger partial charge in [-0.3, -0.25) is 4.79 Å². The minimum absolute atomic E-state index is 0.00164. The average molecular weight is 532 g/mol. The molecule has 0 radical (unpaired) electrons. The number of carbonyl (C=O) groups is 1. The first-order chi connectivity index (χ1) is 17.2. The van der Waals surface area contributed by atoms with Crippen molar-refractivity contribution < 1.29 is 22.3 Å². The Labute approximate surface area is 215 Å². The van der Waals surface area contributed by atoms with Crippen LogP contribution in [0.1, 0.15) is 18.5 Å². The maximum Gasteiger partial charge on any atom is 0.260 e. The van der Waals surface area contributed by atoms with Gasteiger partial charge in [0.15, 0.2) is 6.61 Å². The number of nitrogens with one attached hydrogen (secondary N) is 1. The predicted octanol–water partition coefficient (Wildman–Crippen LogP) is 4.25. The van der Waals surface area contributed by atoms with Gasteiger partial charge in [0.25, 0.3) is 5.91 Å². The summed E-state index contributed by atoms with van der Waals surface area (Å²) in [4.78, 5) is 16.2. The van der Waals surface area contributed by atoms with Crippen molar-refractivity contribution in [1.29, 1.82) is 0 Å². The maximum atomic E-state index is 14.0. The van der Waals surface area contributed by atoms with Crippen molar-refractivity contribution in [2.75, 3.05) is 37.7 Å².